The number of likely N-dealkylation sites (N-methyl/N-ethyl adjacent to an activating group) is 2. The largest absolute Gasteiger partial charge is 0.344 e. The van der Waals surface area contributed by atoms with E-state index in [0.29, 0.717) is 17.7 Å². The van der Waals surface area contributed by atoms with Gasteiger partial charge in [0.25, 0.3) is 0 Å². The van der Waals surface area contributed by atoms with Crippen molar-refractivity contribution >= 4 is 5.91 Å². The molecule has 4 nitrogen and oxygen atoms in total. The van der Waals surface area contributed by atoms with Gasteiger partial charge in [0.05, 0.1) is 5.92 Å². The fourth-order valence-corrected chi connectivity index (χ4v) is 4.81. The quantitative estimate of drug-likeness (QED) is 0.844. The van der Waals surface area contributed by atoms with Crippen molar-refractivity contribution in [2.45, 2.75) is 50.1 Å². The monoisotopic (exact) mass is 279 g/mol. The van der Waals surface area contributed by atoms with Crippen molar-refractivity contribution in [2.24, 2.45) is 23.5 Å². The van der Waals surface area contributed by atoms with Crippen LogP contribution in [0, 0.1) is 17.8 Å². The summed E-state index contributed by atoms with van der Waals surface area (Å²) in [5.74, 6) is 1.56. The Labute approximate surface area is 122 Å². The van der Waals surface area contributed by atoms with Gasteiger partial charge >= 0.3 is 0 Å². The zero-order valence-corrected chi connectivity index (χ0v) is 13.1. The van der Waals surface area contributed by atoms with Crippen molar-refractivity contribution in [1.29, 1.82) is 0 Å². The van der Waals surface area contributed by atoms with Crippen LogP contribution in [-0.2, 0) is 4.79 Å². The highest BCUT2D eigenvalue weighted by molar-refractivity contribution is 5.80. The first-order valence-corrected chi connectivity index (χ1v) is 8.12. The molecule has 0 aromatic heterocycles. The second kappa shape index (κ2) is 4.99. The van der Waals surface area contributed by atoms with Crippen molar-refractivity contribution < 1.29 is 4.79 Å². The maximum atomic E-state index is 12.8. The zero-order chi connectivity index (χ0) is 14.5. The Morgan fingerprint density at radius 2 is 1.85 bits per heavy atom. The number of hydrogen-bond donors (Lipinski definition) is 1. The van der Waals surface area contributed by atoms with Crippen molar-refractivity contribution in [2.75, 3.05) is 27.7 Å². The van der Waals surface area contributed by atoms with Crippen LogP contribution in [0.4, 0.5) is 0 Å². The molecule has 0 aromatic carbocycles. The molecule has 4 unspecified atom stereocenters. The summed E-state index contributed by atoms with van der Waals surface area (Å²) in [5, 5.41) is 0. The van der Waals surface area contributed by atoms with Crippen LogP contribution in [0.2, 0.25) is 0 Å². The van der Waals surface area contributed by atoms with Gasteiger partial charge in [0.15, 0.2) is 0 Å². The second-order valence-corrected chi connectivity index (χ2v) is 7.60. The lowest BCUT2D eigenvalue weighted by molar-refractivity contribution is -0.139. The molecule has 0 aromatic rings. The molecule has 114 valence electrons. The van der Waals surface area contributed by atoms with E-state index in [-0.39, 0.29) is 17.5 Å². The minimum atomic E-state index is 0.0954. The molecular weight excluding hydrogens is 250 g/mol. The van der Waals surface area contributed by atoms with Gasteiger partial charge in [0, 0.05) is 25.2 Å². The SMILES string of the molecule is CN(CC1(N(C)C)CCC1)C(=O)C1C2CCC(C2)C1N. The third-order valence-electron chi connectivity index (χ3n) is 6.41. The number of carbonyl (C=O) groups excluding carboxylic acids is 1. The first-order valence-electron chi connectivity index (χ1n) is 8.12. The van der Waals surface area contributed by atoms with Crippen LogP contribution in [0.1, 0.15) is 38.5 Å². The predicted molar refractivity (Wildman–Crippen MR) is 80.2 cm³/mol. The summed E-state index contributed by atoms with van der Waals surface area (Å²) >= 11 is 0. The number of nitrogens with two attached hydrogens (primary N) is 1. The Bertz CT molecular complexity index is 389. The van der Waals surface area contributed by atoms with Crippen molar-refractivity contribution in [1.82, 2.24) is 9.80 Å². The lowest BCUT2D eigenvalue weighted by Crippen LogP contribution is -2.59. The van der Waals surface area contributed by atoms with E-state index in [2.05, 4.69) is 19.0 Å². The first-order chi connectivity index (χ1) is 9.44. The molecule has 3 fully saturated rings. The lowest BCUT2D eigenvalue weighted by Gasteiger charge is -2.49. The summed E-state index contributed by atoms with van der Waals surface area (Å²) in [6.45, 7) is 0.861. The maximum absolute atomic E-state index is 12.8. The summed E-state index contributed by atoms with van der Waals surface area (Å²) in [6.07, 6.45) is 7.33. The molecule has 0 heterocycles. The molecule has 3 aliphatic carbocycles. The van der Waals surface area contributed by atoms with Crippen LogP contribution in [0.3, 0.4) is 0 Å². The van der Waals surface area contributed by atoms with Gasteiger partial charge < -0.3 is 15.5 Å². The van der Waals surface area contributed by atoms with E-state index in [9.17, 15) is 4.79 Å². The van der Waals surface area contributed by atoms with E-state index in [1.54, 1.807) is 0 Å². The highest BCUT2D eigenvalue weighted by Crippen LogP contribution is 2.48. The van der Waals surface area contributed by atoms with Gasteiger partial charge in [-0.3, -0.25) is 4.79 Å². The third-order valence-corrected chi connectivity index (χ3v) is 6.41. The Hall–Kier alpha value is -0.610. The van der Waals surface area contributed by atoms with Crippen LogP contribution < -0.4 is 5.73 Å². The standard InChI is InChI=1S/C16H29N3O/c1-18(2)16(7-4-8-16)10-19(3)15(20)13-11-5-6-12(9-11)14(13)17/h11-14H,4-10,17H2,1-3H3. The summed E-state index contributed by atoms with van der Waals surface area (Å²) in [4.78, 5) is 17.1. The molecule has 1 amide bonds. The summed E-state index contributed by atoms with van der Waals surface area (Å²) in [6, 6.07) is 0.111. The number of amides is 1. The van der Waals surface area contributed by atoms with E-state index >= 15 is 0 Å². The highest BCUT2D eigenvalue weighted by atomic mass is 16.2. The average molecular weight is 279 g/mol. The van der Waals surface area contributed by atoms with Crippen LogP contribution in [0.15, 0.2) is 0 Å². The molecule has 0 spiro atoms. The topological polar surface area (TPSA) is 49.6 Å². The number of nitrogens with zero attached hydrogens (tertiary/aromatic N) is 2. The van der Waals surface area contributed by atoms with Gasteiger partial charge in [0.1, 0.15) is 0 Å². The molecule has 2 bridgehead atoms. The zero-order valence-electron chi connectivity index (χ0n) is 13.1. The van der Waals surface area contributed by atoms with Gasteiger partial charge in [0.2, 0.25) is 5.91 Å². The fourth-order valence-electron chi connectivity index (χ4n) is 4.81. The molecule has 3 aliphatic rings. The lowest BCUT2D eigenvalue weighted by atomic mass is 9.75. The van der Waals surface area contributed by atoms with Crippen molar-refractivity contribution in [3.63, 3.8) is 0 Å². The Balaban J connectivity index is 1.65. The van der Waals surface area contributed by atoms with E-state index < -0.39 is 0 Å². The Kier molecular flexibility index (Phi) is 3.57. The molecule has 3 rings (SSSR count). The molecular formula is C16H29N3O. The summed E-state index contributed by atoms with van der Waals surface area (Å²) in [7, 11) is 6.26. The maximum Gasteiger partial charge on any atom is 0.227 e. The first kappa shape index (κ1) is 14.3. The van der Waals surface area contributed by atoms with Gasteiger partial charge in [-0.1, -0.05) is 0 Å². The molecule has 0 aliphatic heterocycles. The van der Waals surface area contributed by atoms with Gasteiger partial charge in [-0.15, -0.1) is 0 Å². The molecule has 4 atom stereocenters. The number of rotatable bonds is 4. The fraction of sp³-hybridized carbons (Fsp3) is 0.938. The molecule has 3 saturated carbocycles. The van der Waals surface area contributed by atoms with E-state index in [1.807, 2.05) is 11.9 Å². The van der Waals surface area contributed by atoms with Crippen LogP contribution >= 0.6 is 0 Å². The van der Waals surface area contributed by atoms with E-state index in [4.69, 9.17) is 5.73 Å². The molecule has 0 radical (unpaired) electrons. The van der Waals surface area contributed by atoms with Crippen LogP contribution in [0.5, 0.6) is 0 Å². The second-order valence-electron chi connectivity index (χ2n) is 7.60. The molecule has 20 heavy (non-hydrogen) atoms. The van der Waals surface area contributed by atoms with Crippen molar-refractivity contribution in [3.05, 3.63) is 0 Å². The predicted octanol–water partition coefficient (Wildman–Crippen LogP) is 1.30. The highest BCUT2D eigenvalue weighted by Gasteiger charge is 2.50. The third kappa shape index (κ3) is 2.08. The number of fused-ring (bicyclic) bond motifs is 2. The van der Waals surface area contributed by atoms with Gasteiger partial charge in [-0.25, -0.2) is 0 Å². The minimum absolute atomic E-state index is 0.0954. The molecule has 0 saturated heterocycles. The van der Waals surface area contributed by atoms with Crippen LogP contribution in [0.25, 0.3) is 0 Å². The van der Waals surface area contributed by atoms with Crippen LogP contribution in [-0.4, -0.2) is 55.0 Å². The number of hydrogen-bond acceptors (Lipinski definition) is 3. The van der Waals surface area contributed by atoms with Gasteiger partial charge in [-0.2, -0.15) is 0 Å². The Morgan fingerprint density at radius 1 is 1.20 bits per heavy atom. The van der Waals surface area contributed by atoms with Crippen molar-refractivity contribution in [3.8, 4) is 0 Å². The average Bonchev–Trinajstić information content (AvgIpc) is 2.92. The van der Waals surface area contributed by atoms with E-state index in [0.717, 1.165) is 6.54 Å². The van der Waals surface area contributed by atoms with E-state index in [1.165, 1.54) is 38.5 Å². The number of carbonyl (C=O) groups is 1. The normalized spacial score (nSPS) is 38.0. The molecule has 4 heteroatoms. The Morgan fingerprint density at radius 3 is 2.30 bits per heavy atom. The summed E-state index contributed by atoms with van der Waals surface area (Å²) in [5.41, 5.74) is 6.53. The molecule has 2 N–H and O–H groups in total. The summed E-state index contributed by atoms with van der Waals surface area (Å²) < 4.78 is 0. The minimum Gasteiger partial charge on any atom is -0.344 e. The van der Waals surface area contributed by atoms with Gasteiger partial charge in [-0.05, 0) is 64.5 Å². The smallest absolute Gasteiger partial charge is 0.227 e.